The van der Waals surface area contributed by atoms with Gasteiger partial charge in [-0.1, -0.05) is 184 Å². The van der Waals surface area contributed by atoms with Gasteiger partial charge in [-0.15, -0.1) is 0 Å². The Balaban J connectivity index is 0.000000186. The van der Waals surface area contributed by atoms with Gasteiger partial charge in [-0.3, -0.25) is 0 Å². The van der Waals surface area contributed by atoms with E-state index in [1.54, 1.807) is 0 Å². The molecule has 0 saturated heterocycles. The number of oxazole rings is 1. The van der Waals surface area contributed by atoms with E-state index in [-0.39, 0.29) is 0 Å². The molecule has 9 rings (SSSR count). The molecule has 2 heterocycles. The molecule has 0 saturated carbocycles. The Bertz CT molecular complexity index is 2600. The average molecular weight is 785 g/mol. The molecular weight excluding hydrogens is 731 g/mol. The molecule has 0 amide bonds. The van der Waals surface area contributed by atoms with E-state index in [2.05, 4.69) is 213 Å². The molecule has 1 aliphatic heterocycles. The number of ether oxygens (including phenoxy) is 1. The third kappa shape index (κ3) is 7.96. The highest BCUT2D eigenvalue weighted by Gasteiger charge is 2.34. The van der Waals surface area contributed by atoms with E-state index < -0.39 is 6.15 Å². The van der Waals surface area contributed by atoms with E-state index in [0.717, 1.165) is 53.8 Å². The van der Waals surface area contributed by atoms with Crippen molar-refractivity contribution in [2.45, 2.75) is 46.5 Å². The summed E-state index contributed by atoms with van der Waals surface area (Å²) in [5.74, 6) is 3.05. The molecule has 4 nitrogen and oxygen atoms in total. The van der Waals surface area contributed by atoms with Crippen LogP contribution in [-0.2, 0) is 6.54 Å². The highest BCUT2D eigenvalue weighted by atomic mass is 16.5. The van der Waals surface area contributed by atoms with E-state index in [1.807, 2.05) is 30.4 Å². The topological polar surface area (TPSA) is 29.5 Å². The van der Waals surface area contributed by atoms with Crippen LogP contribution in [0.2, 0.25) is 5.82 Å². The number of hydrogen-bond donors (Lipinski definition) is 0. The maximum Gasteiger partial charge on any atom is 0.374 e. The van der Waals surface area contributed by atoms with Crippen LogP contribution in [0.15, 0.2) is 211 Å². The van der Waals surface area contributed by atoms with E-state index in [9.17, 15) is 0 Å². The number of hydrogen-bond acceptors (Lipinski definition) is 3. The summed E-state index contributed by atoms with van der Waals surface area (Å²) in [5.41, 5.74) is 12.1. The van der Waals surface area contributed by atoms with Crippen molar-refractivity contribution < 1.29 is 13.7 Å². The minimum atomic E-state index is -0.974. The van der Waals surface area contributed by atoms with Gasteiger partial charge in [-0.2, -0.15) is 26.8 Å². The molecule has 7 aromatic carbocycles. The van der Waals surface area contributed by atoms with Crippen LogP contribution in [0.1, 0.15) is 40.0 Å². The monoisotopic (exact) mass is 784 g/mol. The van der Waals surface area contributed by atoms with Gasteiger partial charge in [-0.05, 0) is 66.5 Å². The molecule has 0 spiro atoms. The minimum Gasteiger partial charge on any atom is -0.439 e. The van der Waals surface area contributed by atoms with Gasteiger partial charge in [0, 0.05) is 12.6 Å². The summed E-state index contributed by atoms with van der Waals surface area (Å²) < 4.78 is 14.6. The number of allylic oxidation sites excluding steroid dienone is 2. The zero-order chi connectivity index (χ0) is 41.3. The van der Waals surface area contributed by atoms with E-state index in [4.69, 9.17) is 9.15 Å². The molecule has 0 aliphatic carbocycles. The third-order valence-corrected chi connectivity index (χ3v) is 12.3. The number of nitrogens with zero attached hydrogens (tertiary/aromatic N) is 2. The van der Waals surface area contributed by atoms with Crippen molar-refractivity contribution in [3.05, 3.63) is 212 Å². The summed E-state index contributed by atoms with van der Waals surface area (Å²) in [7, 11) is 0. The molecular formula is C55H53BN2O2. The van der Waals surface area contributed by atoms with Crippen LogP contribution in [0, 0.1) is 0 Å². The number of fused-ring (bicyclic) bond motifs is 2. The van der Waals surface area contributed by atoms with Gasteiger partial charge in [0.15, 0.2) is 5.75 Å². The van der Waals surface area contributed by atoms with Crippen molar-refractivity contribution in [3.63, 3.8) is 0 Å². The Kier molecular flexibility index (Phi) is 12.2. The molecule has 298 valence electrons. The lowest BCUT2D eigenvalue weighted by Gasteiger charge is -2.48. The maximum absolute atomic E-state index is 6.22. The first-order valence-corrected chi connectivity index (χ1v) is 21.4. The predicted octanol–water partition coefficient (Wildman–Crippen LogP) is 11.8. The second kappa shape index (κ2) is 18.4. The number of aryl methyl sites for hydroxylation is 1. The lowest BCUT2D eigenvalue weighted by molar-refractivity contribution is -0.674. The van der Waals surface area contributed by atoms with Crippen molar-refractivity contribution in [2.75, 3.05) is 11.4 Å². The fraction of sp³-hybridized carbons (Fsp3) is 0.145. The van der Waals surface area contributed by atoms with Gasteiger partial charge in [0.25, 0.3) is 5.52 Å². The van der Waals surface area contributed by atoms with Crippen molar-refractivity contribution >= 4 is 45.4 Å². The van der Waals surface area contributed by atoms with E-state index >= 15 is 0 Å². The molecule has 0 fully saturated rings. The van der Waals surface area contributed by atoms with E-state index in [0.29, 0.717) is 5.82 Å². The number of anilines is 1. The first kappa shape index (κ1) is 40.0. The molecule has 8 aromatic rings. The smallest absolute Gasteiger partial charge is 0.374 e. The summed E-state index contributed by atoms with van der Waals surface area (Å²) in [6.45, 7) is 10.6. The molecule has 0 radical (unpaired) electrons. The highest BCUT2D eigenvalue weighted by Crippen LogP contribution is 2.41. The molecule has 0 bridgehead atoms. The summed E-state index contributed by atoms with van der Waals surface area (Å²) in [6.07, 6.45) is 6.20. The van der Waals surface area contributed by atoms with Crippen LogP contribution in [0.25, 0.3) is 39.4 Å². The van der Waals surface area contributed by atoms with Gasteiger partial charge in [-0.25, -0.2) is 0 Å². The van der Waals surface area contributed by atoms with Crippen LogP contribution in [-0.4, -0.2) is 12.7 Å². The SMILES string of the molecule is CCC(C)[B-](c1ccccc1)(c1ccccc1)c1ccccc1.CCN1/C(=C/C=C/c2oc3ccc(-c4ccccc4)cc3[n+]2CC)Oc2ccc(-c3ccccc3)cc21. The Morgan fingerprint density at radius 1 is 0.583 bits per heavy atom. The highest BCUT2D eigenvalue weighted by molar-refractivity contribution is 7.12. The zero-order valence-electron chi connectivity index (χ0n) is 35.1. The van der Waals surface area contributed by atoms with Crippen LogP contribution in [0.5, 0.6) is 5.75 Å². The third-order valence-electron chi connectivity index (χ3n) is 12.3. The van der Waals surface area contributed by atoms with Crippen molar-refractivity contribution in [1.29, 1.82) is 0 Å². The molecule has 1 aliphatic rings. The lowest BCUT2D eigenvalue weighted by atomic mass is 9.10. The summed E-state index contributed by atoms with van der Waals surface area (Å²) in [6, 6.07) is 66.7. The number of benzene rings is 7. The lowest BCUT2D eigenvalue weighted by Crippen LogP contribution is -2.69. The predicted molar refractivity (Wildman–Crippen MR) is 254 cm³/mol. The summed E-state index contributed by atoms with van der Waals surface area (Å²) >= 11 is 0. The fourth-order valence-corrected chi connectivity index (χ4v) is 9.12. The van der Waals surface area contributed by atoms with Crippen molar-refractivity contribution in [2.24, 2.45) is 0 Å². The van der Waals surface area contributed by atoms with Crippen molar-refractivity contribution in [3.8, 4) is 28.0 Å². The zero-order valence-corrected chi connectivity index (χ0v) is 35.1. The fourth-order valence-electron chi connectivity index (χ4n) is 9.12. The Morgan fingerprint density at radius 2 is 1.08 bits per heavy atom. The normalized spacial score (nSPS) is 13.5. The summed E-state index contributed by atoms with van der Waals surface area (Å²) in [4.78, 5) is 2.20. The van der Waals surface area contributed by atoms with Gasteiger partial charge < -0.3 is 14.1 Å². The van der Waals surface area contributed by atoms with Crippen LogP contribution in [0.4, 0.5) is 5.69 Å². The number of rotatable bonds is 11. The molecule has 60 heavy (non-hydrogen) atoms. The molecule has 5 heteroatoms. The molecule has 1 aromatic heterocycles. The number of aromatic nitrogens is 1. The van der Waals surface area contributed by atoms with E-state index in [1.165, 1.54) is 38.6 Å². The minimum absolute atomic E-state index is 0.558. The molecule has 0 N–H and O–H groups in total. The summed E-state index contributed by atoms with van der Waals surface area (Å²) in [5, 5.41) is 0. The largest absolute Gasteiger partial charge is 0.439 e. The standard InChI is InChI=1S/C33H29N2O2.C22H24B/c1-3-34-28-22-26(24-12-7-5-8-13-24)18-20-30(28)36-32(34)16-11-17-33-35(4-2)29-23-27(19-21-31(29)37-33)25-14-9-6-10-15-25;1-3-19(2)23(20-13-7-4-8-14-20,21-15-9-5-10-16-21)22-17-11-6-12-18-22/h5-23H,3-4H2,1-2H3;4-19H,3H2,1-2H3/q+1;-1. The van der Waals surface area contributed by atoms with Crippen molar-refractivity contribution in [1.82, 2.24) is 0 Å². The average Bonchev–Trinajstić information content (AvgIpc) is 3.87. The van der Waals surface area contributed by atoms with Gasteiger partial charge in [0.1, 0.15) is 6.54 Å². The van der Waals surface area contributed by atoms with Crippen LogP contribution in [0.3, 0.4) is 0 Å². The Labute approximate surface area is 355 Å². The first-order chi connectivity index (χ1) is 29.5. The first-order valence-electron chi connectivity index (χ1n) is 21.4. The van der Waals surface area contributed by atoms with Crippen LogP contribution < -0.4 is 30.6 Å². The van der Waals surface area contributed by atoms with Gasteiger partial charge >= 0.3 is 5.89 Å². The van der Waals surface area contributed by atoms with Crippen LogP contribution >= 0.6 is 0 Å². The van der Waals surface area contributed by atoms with Gasteiger partial charge in [0.05, 0.1) is 17.9 Å². The molecule has 1 unspecified atom stereocenters. The Hall–Kier alpha value is -6.85. The second-order valence-corrected chi connectivity index (χ2v) is 15.5. The Morgan fingerprint density at radius 3 is 1.58 bits per heavy atom. The maximum atomic E-state index is 6.22. The molecule has 1 atom stereocenters. The quantitative estimate of drug-likeness (QED) is 0.0966. The second-order valence-electron chi connectivity index (χ2n) is 15.5. The van der Waals surface area contributed by atoms with Gasteiger partial charge in [0.2, 0.25) is 11.5 Å².